The number of nitrogens with zero attached hydrogens (tertiary/aromatic N) is 1. The Bertz CT molecular complexity index is 1220. The van der Waals surface area contributed by atoms with Gasteiger partial charge < -0.3 is 19.5 Å². The van der Waals surface area contributed by atoms with Crippen LogP contribution < -0.4 is 25.0 Å². The summed E-state index contributed by atoms with van der Waals surface area (Å²) in [5.74, 6) is 0.719. The van der Waals surface area contributed by atoms with Gasteiger partial charge in [0.1, 0.15) is 18.8 Å². The topological polar surface area (TPSA) is 98.2 Å². The number of rotatable bonds is 11. The first-order chi connectivity index (χ1) is 17.4. The van der Waals surface area contributed by atoms with Crippen molar-refractivity contribution in [3.8, 4) is 17.2 Å². The summed E-state index contributed by atoms with van der Waals surface area (Å²) in [6.45, 7) is 2.64. The Labute approximate surface area is 222 Å². The molecule has 3 aromatic rings. The predicted molar refractivity (Wildman–Crippen MR) is 143 cm³/mol. The number of anilines is 1. The highest BCUT2D eigenvalue weighted by Crippen LogP contribution is 2.37. The fourth-order valence-corrected chi connectivity index (χ4v) is 3.75. The minimum Gasteiger partial charge on any atom is -0.497 e. The number of benzene rings is 3. The molecule has 0 unspecified atom stereocenters. The third-order valence-electron chi connectivity index (χ3n) is 4.73. The zero-order valence-corrected chi connectivity index (χ0v) is 22.1. The molecule has 0 atom stereocenters. The first-order valence-corrected chi connectivity index (χ1v) is 12.1. The monoisotopic (exact) mass is 573 g/mol. The summed E-state index contributed by atoms with van der Waals surface area (Å²) in [7, 11) is 1.56. The van der Waals surface area contributed by atoms with Gasteiger partial charge in [-0.2, -0.15) is 5.10 Å². The predicted octanol–water partition coefficient (Wildman–Crippen LogP) is 5.57. The fraction of sp³-hybridized carbons (Fsp3) is 0.192. The van der Waals surface area contributed by atoms with Crippen LogP contribution in [0.2, 0.25) is 5.02 Å². The van der Waals surface area contributed by atoms with E-state index in [2.05, 4.69) is 31.8 Å². The lowest BCUT2D eigenvalue weighted by Crippen LogP contribution is -2.24. The van der Waals surface area contributed by atoms with E-state index in [0.29, 0.717) is 51.2 Å². The van der Waals surface area contributed by atoms with Gasteiger partial charge >= 0.3 is 0 Å². The normalized spacial score (nSPS) is 10.7. The van der Waals surface area contributed by atoms with Crippen molar-refractivity contribution >= 4 is 51.2 Å². The Morgan fingerprint density at radius 2 is 1.75 bits per heavy atom. The Balaban J connectivity index is 1.57. The zero-order chi connectivity index (χ0) is 25.9. The molecule has 0 fully saturated rings. The first-order valence-electron chi connectivity index (χ1n) is 11.0. The second-order valence-electron chi connectivity index (χ2n) is 7.42. The van der Waals surface area contributed by atoms with Gasteiger partial charge in [-0.1, -0.05) is 23.7 Å². The summed E-state index contributed by atoms with van der Waals surface area (Å²) < 4.78 is 17.4. The number of carbonyl (C=O) groups excluding carboxylic acids is 2. The van der Waals surface area contributed by atoms with Crippen LogP contribution in [0.1, 0.15) is 24.5 Å². The Hall–Kier alpha value is -3.56. The molecule has 0 saturated heterocycles. The van der Waals surface area contributed by atoms with Gasteiger partial charge in [0, 0.05) is 10.7 Å². The van der Waals surface area contributed by atoms with Gasteiger partial charge in [0.25, 0.3) is 0 Å². The maximum atomic E-state index is 12.1. The highest BCUT2D eigenvalue weighted by Gasteiger charge is 2.13. The highest BCUT2D eigenvalue weighted by molar-refractivity contribution is 9.10. The van der Waals surface area contributed by atoms with E-state index in [1.54, 1.807) is 55.6 Å². The summed E-state index contributed by atoms with van der Waals surface area (Å²) in [6, 6.07) is 17.7. The number of carbonyl (C=O) groups is 2. The van der Waals surface area contributed by atoms with E-state index in [9.17, 15) is 9.59 Å². The number of halogens is 2. The van der Waals surface area contributed by atoms with Gasteiger partial charge in [-0.05, 0) is 82.5 Å². The van der Waals surface area contributed by atoms with Crippen molar-refractivity contribution in [3.63, 3.8) is 0 Å². The van der Waals surface area contributed by atoms with E-state index in [4.69, 9.17) is 25.8 Å². The number of methoxy groups -OCH3 is 1. The molecule has 0 radical (unpaired) electrons. The molecular formula is C26H25BrClN3O5. The third-order valence-corrected chi connectivity index (χ3v) is 5.57. The lowest BCUT2D eigenvalue weighted by atomic mass is 10.2. The molecule has 0 aliphatic heterocycles. The first kappa shape index (κ1) is 27.0. The van der Waals surface area contributed by atoms with Crippen molar-refractivity contribution < 1.29 is 23.8 Å². The quantitative estimate of drug-likeness (QED) is 0.177. The number of hydrogen-bond donors (Lipinski definition) is 2. The van der Waals surface area contributed by atoms with Gasteiger partial charge in [-0.15, -0.1) is 0 Å². The van der Waals surface area contributed by atoms with Gasteiger partial charge in [0.05, 0.1) is 24.4 Å². The summed E-state index contributed by atoms with van der Waals surface area (Å²) >= 11 is 9.45. The molecule has 0 aliphatic rings. The van der Waals surface area contributed by atoms with E-state index >= 15 is 0 Å². The Morgan fingerprint density at radius 1 is 1.03 bits per heavy atom. The van der Waals surface area contributed by atoms with Crippen LogP contribution in [0.3, 0.4) is 0 Å². The SMILES string of the molecule is CCOc1cc(C=NNC(=O)CC(=O)Nc2ccc(OC)cc2)cc(Br)c1OCc1ccc(Cl)cc1. The molecule has 0 bridgehead atoms. The fourth-order valence-electron chi connectivity index (χ4n) is 3.05. The minimum absolute atomic E-state index is 0.331. The van der Waals surface area contributed by atoms with Crippen molar-refractivity contribution in [1.29, 1.82) is 0 Å². The molecule has 10 heteroatoms. The van der Waals surface area contributed by atoms with Crippen molar-refractivity contribution in [2.24, 2.45) is 5.10 Å². The smallest absolute Gasteiger partial charge is 0.249 e. The molecule has 0 spiro atoms. The van der Waals surface area contributed by atoms with Crippen LogP contribution in [0.25, 0.3) is 0 Å². The van der Waals surface area contributed by atoms with Gasteiger partial charge in [-0.3, -0.25) is 9.59 Å². The van der Waals surface area contributed by atoms with E-state index in [-0.39, 0.29) is 6.42 Å². The molecular weight excluding hydrogens is 550 g/mol. The molecule has 3 rings (SSSR count). The second-order valence-corrected chi connectivity index (χ2v) is 8.72. The number of nitrogens with one attached hydrogen (secondary N) is 2. The van der Waals surface area contributed by atoms with Crippen LogP contribution in [-0.4, -0.2) is 31.7 Å². The largest absolute Gasteiger partial charge is 0.497 e. The molecule has 188 valence electrons. The maximum Gasteiger partial charge on any atom is 0.249 e. The van der Waals surface area contributed by atoms with Crippen molar-refractivity contribution in [2.45, 2.75) is 20.0 Å². The molecule has 3 aromatic carbocycles. The average molecular weight is 575 g/mol. The molecule has 0 saturated carbocycles. The zero-order valence-electron chi connectivity index (χ0n) is 19.7. The maximum absolute atomic E-state index is 12.1. The minimum atomic E-state index is -0.552. The van der Waals surface area contributed by atoms with E-state index < -0.39 is 11.8 Å². The number of hydrogen-bond acceptors (Lipinski definition) is 6. The lowest BCUT2D eigenvalue weighted by molar-refractivity contribution is -0.126. The van der Waals surface area contributed by atoms with Crippen LogP contribution in [-0.2, 0) is 16.2 Å². The van der Waals surface area contributed by atoms with Crippen LogP contribution in [0, 0.1) is 0 Å². The van der Waals surface area contributed by atoms with Crippen molar-refractivity contribution in [2.75, 3.05) is 19.0 Å². The Morgan fingerprint density at radius 3 is 2.42 bits per heavy atom. The van der Waals surface area contributed by atoms with Gasteiger partial charge in [0.2, 0.25) is 11.8 Å². The lowest BCUT2D eigenvalue weighted by Gasteiger charge is -2.14. The summed E-state index contributed by atoms with van der Waals surface area (Å²) in [5.41, 5.74) is 4.53. The Kier molecular flexibility index (Phi) is 10.1. The van der Waals surface area contributed by atoms with Crippen LogP contribution in [0.15, 0.2) is 70.2 Å². The molecule has 36 heavy (non-hydrogen) atoms. The van der Waals surface area contributed by atoms with E-state index in [1.807, 2.05) is 19.1 Å². The second kappa shape index (κ2) is 13.5. The van der Waals surface area contributed by atoms with E-state index in [0.717, 1.165) is 5.56 Å². The summed E-state index contributed by atoms with van der Waals surface area (Å²) in [6.07, 6.45) is 1.07. The van der Waals surface area contributed by atoms with Gasteiger partial charge in [-0.25, -0.2) is 5.43 Å². The van der Waals surface area contributed by atoms with Gasteiger partial charge in [0.15, 0.2) is 11.5 Å². The highest BCUT2D eigenvalue weighted by atomic mass is 79.9. The summed E-state index contributed by atoms with van der Waals surface area (Å²) in [5, 5.41) is 7.25. The van der Waals surface area contributed by atoms with E-state index in [1.165, 1.54) is 6.21 Å². The molecule has 2 amide bonds. The third kappa shape index (κ3) is 8.28. The van der Waals surface area contributed by atoms with Crippen molar-refractivity contribution in [3.05, 3.63) is 81.3 Å². The van der Waals surface area contributed by atoms with Crippen LogP contribution in [0.4, 0.5) is 5.69 Å². The average Bonchev–Trinajstić information content (AvgIpc) is 2.85. The summed E-state index contributed by atoms with van der Waals surface area (Å²) in [4.78, 5) is 24.2. The number of ether oxygens (including phenoxy) is 3. The molecule has 0 aliphatic carbocycles. The molecule has 2 N–H and O–H groups in total. The van der Waals surface area contributed by atoms with Crippen LogP contribution in [0.5, 0.6) is 17.2 Å². The molecule has 0 aromatic heterocycles. The molecule has 8 nitrogen and oxygen atoms in total. The van der Waals surface area contributed by atoms with Crippen LogP contribution >= 0.6 is 27.5 Å². The standard InChI is InChI=1S/C26H25BrClN3O5/c1-3-35-23-13-18(12-22(27)26(23)36-16-17-4-6-19(28)7-5-17)15-29-31-25(33)14-24(32)30-20-8-10-21(34-2)11-9-20/h4-13,15H,3,14,16H2,1-2H3,(H,30,32)(H,31,33). The van der Waals surface area contributed by atoms with Crippen molar-refractivity contribution in [1.82, 2.24) is 5.43 Å². The molecule has 0 heterocycles. The number of amides is 2. The number of hydrazone groups is 1.